The Kier molecular flexibility index (Phi) is 9.35. The lowest BCUT2D eigenvalue weighted by Crippen LogP contribution is -2.37. The fourth-order valence-corrected chi connectivity index (χ4v) is 5.43. The van der Waals surface area contributed by atoms with Gasteiger partial charge in [-0.15, -0.1) is 0 Å². The van der Waals surface area contributed by atoms with Crippen LogP contribution < -0.4 is 4.72 Å². The second-order valence-electron chi connectivity index (χ2n) is 7.99. The molecule has 9 heteroatoms. The number of esters is 1. The van der Waals surface area contributed by atoms with Crippen molar-refractivity contribution in [2.75, 3.05) is 13.7 Å². The van der Waals surface area contributed by atoms with Gasteiger partial charge in [-0.3, -0.25) is 9.69 Å². The molecule has 2 aromatic rings. The Morgan fingerprint density at radius 3 is 2.61 bits per heavy atom. The number of allylic oxidation sites excluding steroid dienone is 1. The molecule has 1 fully saturated rings. The predicted molar refractivity (Wildman–Crippen MR) is 131 cm³/mol. The Morgan fingerprint density at radius 2 is 1.91 bits per heavy atom. The number of nitrogens with one attached hydrogen (secondary N) is 1. The summed E-state index contributed by atoms with van der Waals surface area (Å²) in [4.78, 5) is 13.7. The molecule has 0 amide bonds. The summed E-state index contributed by atoms with van der Waals surface area (Å²) in [6.07, 6.45) is 6.58. The zero-order chi connectivity index (χ0) is 23.8. The van der Waals surface area contributed by atoms with Gasteiger partial charge in [-0.2, -0.15) is 0 Å². The van der Waals surface area contributed by atoms with Crippen LogP contribution in [0, 0.1) is 0 Å². The molecule has 1 N–H and O–H groups in total. The summed E-state index contributed by atoms with van der Waals surface area (Å²) in [5, 5.41) is 1.17. The van der Waals surface area contributed by atoms with Crippen molar-refractivity contribution in [2.45, 2.75) is 49.2 Å². The molecule has 1 aliphatic rings. The van der Waals surface area contributed by atoms with Crippen molar-refractivity contribution in [1.82, 2.24) is 9.62 Å². The number of methoxy groups -OCH3 is 1. The highest BCUT2D eigenvalue weighted by molar-refractivity contribution is 7.89. The number of unbranched alkanes of at least 4 members (excludes halogenated alkanes) is 1. The van der Waals surface area contributed by atoms with E-state index < -0.39 is 10.0 Å². The number of sulfonamides is 1. The van der Waals surface area contributed by atoms with Crippen LogP contribution in [0.1, 0.15) is 31.2 Å². The third-order valence-electron chi connectivity index (χ3n) is 5.56. The van der Waals surface area contributed by atoms with E-state index in [2.05, 4.69) is 20.4 Å². The van der Waals surface area contributed by atoms with Gasteiger partial charge in [0.2, 0.25) is 10.0 Å². The molecule has 1 heterocycles. The molecule has 0 bridgehead atoms. The molecule has 1 saturated heterocycles. The maximum absolute atomic E-state index is 12.9. The van der Waals surface area contributed by atoms with Crippen molar-refractivity contribution in [2.24, 2.45) is 0 Å². The quantitative estimate of drug-likeness (QED) is 0.282. The SMILES string of the molecule is COC(=O)CCC/C=C\[C@@H]1C[C@@H](NS(=O)(=O)c2ccc(Cl)cc2)CN1Cc1ccccc1Cl. The zero-order valence-corrected chi connectivity index (χ0v) is 20.7. The van der Waals surface area contributed by atoms with Gasteiger partial charge >= 0.3 is 5.97 Å². The topological polar surface area (TPSA) is 75.7 Å². The molecular weight excluding hydrogens is 483 g/mol. The van der Waals surface area contributed by atoms with E-state index in [1.54, 1.807) is 12.1 Å². The monoisotopic (exact) mass is 510 g/mol. The molecular formula is C24H28Cl2N2O4S. The number of benzene rings is 2. The summed E-state index contributed by atoms with van der Waals surface area (Å²) < 4.78 is 33.2. The van der Waals surface area contributed by atoms with Crippen LogP contribution in [0.5, 0.6) is 0 Å². The maximum atomic E-state index is 12.9. The largest absolute Gasteiger partial charge is 0.469 e. The van der Waals surface area contributed by atoms with Gasteiger partial charge in [0, 0.05) is 41.6 Å². The van der Waals surface area contributed by atoms with E-state index in [4.69, 9.17) is 23.2 Å². The van der Waals surface area contributed by atoms with Crippen molar-refractivity contribution in [3.63, 3.8) is 0 Å². The lowest BCUT2D eigenvalue weighted by atomic mass is 10.1. The summed E-state index contributed by atoms with van der Waals surface area (Å²) in [5.74, 6) is -0.221. The smallest absolute Gasteiger partial charge is 0.305 e. The molecule has 0 radical (unpaired) electrons. The molecule has 2 aromatic carbocycles. The van der Waals surface area contributed by atoms with Gasteiger partial charge in [0.15, 0.2) is 0 Å². The van der Waals surface area contributed by atoms with Crippen molar-refractivity contribution in [1.29, 1.82) is 0 Å². The van der Waals surface area contributed by atoms with Crippen LogP contribution >= 0.6 is 23.2 Å². The van der Waals surface area contributed by atoms with Crippen LogP contribution in [0.2, 0.25) is 10.0 Å². The number of nitrogens with zero attached hydrogens (tertiary/aromatic N) is 1. The number of hydrogen-bond donors (Lipinski definition) is 1. The van der Waals surface area contributed by atoms with E-state index in [1.807, 2.05) is 30.3 Å². The first-order valence-electron chi connectivity index (χ1n) is 10.8. The lowest BCUT2D eigenvalue weighted by molar-refractivity contribution is -0.140. The summed E-state index contributed by atoms with van der Waals surface area (Å²) in [5.41, 5.74) is 0.990. The minimum Gasteiger partial charge on any atom is -0.469 e. The van der Waals surface area contributed by atoms with Gasteiger partial charge in [-0.25, -0.2) is 13.1 Å². The molecule has 0 saturated carbocycles. The molecule has 33 heavy (non-hydrogen) atoms. The van der Waals surface area contributed by atoms with Gasteiger partial charge in [0.1, 0.15) is 0 Å². The first-order chi connectivity index (χ1) is 15.8. The van der Waals surface area contributed by atoms with Crippen LogP contribution in [-0.4, -0.2) is 45.0 Å². The molecule has 2 atom stereocenters. The number of carbonyl (C=O) groups excluding carboxylic acids is 1. The third kappa shape index (κ3) is 7.55. The molecule has 6 nitrogen and oxygen atoms in total. The summed E-state index contributed by atoms with van der Waals surface area (Å²) >= 11 is 12.3. The first-order valence-corrected chi connectivity index (χ1v) is 13.0. The van der Waals surface area contributed by atoms with Crippen LogP contribution in [-0.2, 0) is 26.1 Å². The number of halogens is 2. The second-order valence-corrected chi connectivity index (χ2v) is 10.6. The summed E-state index contributed by atoms with van der Waals surface area (Å²) in [6, 6.07) is 13.6. The van der Waals surface area contributed by atoms with Gasteiger partial charge in [0.05, 0.1) is 12.0 Å². The maximum Gasteiger partial charge on any atom is 0.305 e. The Balaban J connectivity index is 1.69. The molecule has 0 aliphatic carbocycles. The zero-order valence-electron chi connectivity index (χ0n) is 18.4. The highest BCUT2D eigenvalue weighted by Crippen LogP contribution is 2.26. The van der Waals surface area contributed by atoms with E-state index in [1.165, 1.54) is 19.2 Å². The minimum absolute atomic E-state index is 0.0392. The minimum atomic E-state index is -3.67. The number of rotatable bonds is 10. The van der Waals surface area contributed by atoms with Crippen LogP contribution in [0.25, 0.3) is 0 Å². The summed E-state index contributed by atoms with van der Waals surface area (Å²) in [6.45, 7) is 1.16. The van der Waals surface area contributed by atoms with Crippen molar-refractivity contribution < 1.29 is 17.9 Å². The van der Waals surface area contributed by atoms with Crippen molar-refractivity contribution in [3.05, 3.63) is 76.3 Å². The number of hydrogen-bond acceptors (Lipinski definition) is 5. The van der Waals surface area contributed by atoms with Gasteiger partial charge in [-0.1, -0.05) is 53.6 Å². The Morgan fingerprint density at radius 1 is 1.18 bits per heavy atom. The van der Waals surface area contributed by atoms with E-state index in [0.29, 0.717) is 42.4 Å². The fraction of sp³-hybridized carbons (Fsp3) is 0.375. The normalized spacial score (nSPS) is 19.2. The van der Waals surface area contributed by atoms with Gasteiger partial charge in [0.25, 0.3) is 0 Å². The van der Waals surface area contributed by atoms with E-state index in [0.717, 1.165) is 12.0 Å². The average molecular weight is 511 g/mol. The second kappa shape index (κ2) is 12.0. The Labute approximate surface area is 205 Å². The van der Waals surface area contributed by atoms with E-state index >= 15 is 0 Å². The van der Waals surface area contributed by atoms with Crippen LogP contribution in [0.3, 0.4) is 0 Å². The lowest BCUT2D eigenvalue weighted by Gasteiger charge is -2.22. The predicted octanol–water partition coefficient (Wildman–Crippen LogP) is 4.81. The average Bonchev–Trinajstić information content (AvgIpc) is 3.15. The Bertz CT molecular complexity index is 1070. The van der Waals surface area contributed by atoms with E-state index in [9.17, 15) is 13.2 Å². The van der Waals surface area contributed by atoms with Crippen LogP contribution in [0.4, 0.5) is 0 Å². The fourth-order valence-electron chi connectivity index (χ4n) is 3.87. The number of likely N-dealkylation sites (tertiary alicyclic amines) is 1. The van der Waals surface area contributed by atoms with Crippen molar-refractivity contribution >= 4 is 39.2 Å². The standard InChI is InChI=1S/C24H28Cl2N2O4S/c1-32-24(29)10-4-2-3-8-21-15-20(17-28(21)16-18-7-5-6-9-23(18)26)27-33(30,31)22-13-11-19(25)12-14-22/h3,5-9,11-14,20-21,27H,2,4,10,15-17H2,1H3/b8-3-/t20-,21-/m1/s1. The number of carbonyl (C=O) groups is 1. The molecule has 0 spiro atoms. The number of ether oxygens (including phenoxy) is 1. The molecule has 3 rings (SSSR count). The van der Waals surface area contributed by atoms with Gasteiger partial charge < -0.3 is 4.74 Å². The molecule has 0 aromatic heterocycles. The molecule has 178 valence electrons. The summed E-state index contributed by atoms with van der Waals surface area (Å²) in [7, 11) is -2.28. The van der Waals surface area contributed by atoms with Gasteiger partial charge in [-0.05, 0) is 55.2 Å². The van der Waals surface area contributed by atoms with Crippen molar-refractivity contribution in [3.8, 4) is 0 Å². The first kappa shape index (κ1) is 25.7. The van der Waals surface area contributed by atoms with Crippen LogP contribution in [0.15, 0.2) is 65.6 Å². The molecule has 1 aliphatic heterocycles. The molecule has 0 unspecified atom stereocenters. The Hall–Kier alpha value is -1.90. The highest BCUT2D eigenvalue weighted by Gasteiger charge is 2.33. The van der Waals surface area contributed by atoms with E-state index in [-0.39, 0.29) is 22.9 Å². The third-order valence-corrected chi connectivity index (χ3v) is 7.72. The highest BCUT2D eigenvalue weighted by atomic mass is 35.5.